The van der Waals surface area contributed by atoms with E-state index in [0.717, 1.165) is 6.07 Å². The molecule has 0 aliphatic carbocycles. The van der Waals surface area contributed by atoms with Crippen LogP contribution in [0.25, 0.3) is 0 Å². The summed E-state index contributed by atoms with van der Waals surface area (Å²) < 4.78 is 33.2. The summed E-state index contributed by atoms with van der Waals surface area (Å²) in [5.74, 6) is -1.51. The summed E-state index contributed by atoms with van der Waals surface area (Å²) in [7, 11) is -2.85. The van der Waals surface area contributed by atoms with Gasteiger partial charge in [0.15, 0.2) is 6.10 Å². The molecule has 2 aromatic carbocycles. The van der Waals surface area contributed by atoms with E-state index in [4.69, 9.17) is 26.2 Å². The summed E-state index contributed by atoms with van der Waals surface area (Å²) in [6, 6.07) is 10.2. The zero-order chi connectivity index (χ0) is 20.2. The molecule has 0 fully saturated rings. The van der Waals surface area contributed by atoms with Crippen molar-refractivity contribution in [1.82, 2.24) is 0 Å². The fourth-order valence-corrected chi connectivity index (χ4v) is 3.01. The van der Waals surface area contributed by atoms with Crippen LogP contribution in [0.3, 0.4) is 0 Å². The number of sulfonamides is 1. The van der Waals surface area contributed by atoms with Crippen LogP contribution in [0, 0.1) is 0 Å². The summed E-state index contributed by atoms with van der Waals surface area (Å²) in [6.07, 6.45) is -1.16. The Bertz CT molecular complexity index is 977. The van der Waals surface area contributed by atoms with Crippen molar-refractivity contribution < 1.29 is 27.5 Å². The van der Waals surface area contributed by atoms with Crippen LogP contribution in [0.15, 0.2) is 47.4 Å². The fraction of sp³-hybridized carbons (Fsp3) is 0.176. The largest absolute Gasteiger partial charge is 0.495 e. The number of benzene rings is 2. The predicted octanol–water partition coefficient (Wildman–Crippen LogP) is 2.18. The topological polar surface area (TPSA) is 125 Å². The molecular formula is C17H17ClN2O6S. The van der Waals surface area contributed by atoms with Crippen molar-refractivity contribution in [2.45, 2.75) is 17.9 Å². The Morgan fingerprint density at radius 2 is 1.85 bits per heavy atom. The summed E-state index contributed by atoms with van der Waals surface area (Å²) in [5.41, 5.74) is 0.269. The van der Waals surface area contributed by atoms with Crippen molar-refractivity contribution >= 4 is 39.2 Å². The number of carbonyl (C=O) groups is 2. The standard InChI is InChI=1S/C17H17ClN2O6S/c1-10(16(21)20-13-6-4-3-5-12(13)18)26-17(22)11-7-8-14(25-2)15(9-11)27(19,23)24/h3-10H,1-2H3,(H,20,21)(H2,19,23,24). The number of nitrogens with one attached hydrogen (secondary N) is 1. The second-order valence-electron chi connectivity index (χ2n) is 5.43. The van der Waals surface area contributed by atoms with E-state index >= 15 is 0 Å². The number of hydrogen-bond donors (Lipinski definition) is 2. The van der Waals surface area contributed by atoms with Gasteiger partial charge in [0.2, 0.25) is 10.0 Å². The molecule has 27 heavy (non-hydrogen) atoms. The van der Waals surface area contributed by atoms with Crippen molar-refractivity contribution in [1.29, 1.82) is 0 Å². The smallest absolute Gasteiger partial charge is 0.338 e. The van der Waals surface area contributed by atoms with E-state index in [1.165, 1.54) is 26.2 Å². The highest BCUT2D eigenvalue weighted by Gasteiger charge is 2.22. The molecule has 1 atom stereocenters. The SMILES string of the molecule is COc1ccc(C(=O)OC(C)C(=O)Nc2ccccc2Cl)cc1S(N)(=O)=O. The normalized spacial score (nSPS) is 12.1. The quantitative estimate of drug-likeness (QED) is 0.700. The summed E-state index contributed by atoms with van der Waals surface area (Å²) in [5, 5.41) is 7.98. The molecule has 1 unspecified atom stereocenters. The third-order valence-corrected chi connectivity index (χ3v) is 4.75. The molecule has 0 aliphatic rings. The van der Waals surface area contributed by atoms with Gasteiger partial charge in [0.1, 0.15) is 10.6 Å². The van der Waals surface area contributed by atoms with Gasteiger partial charge in [0.25, 0.3) is 5.91 Å². The first kappa shape index (κ1) is 20.7. The zero-order valence-electron chi connectivity index (χ0n) is 14.4. The van der Waals surface area contributed by atoms with E-state index < -0.39 is 28.0 Å². The lowest BCUT2D eigenvalue weighted by molar-refractivity contribution is -0.123. The molecule has 10 heteroatoms. The number of hydrogen-bond acceptors (Lipinski definition) is 6. The minimum Gasteiger partial charge on any atom is -0.495 e. The highest BCUT2D eigenvalue weighted by Crippen LogP contribution is 2.24. The zero-order valence-corrected chi connectivity index (χ0v) is 16.0. The van der Waals surface area contributed by atoms with E-state index in [2.05, 4.69) is 5.32 Å². The van der Waals surface area contributed by atoms with Crippen LogP contribution in [-0.4, -0.2) is 33.5 Å². The first-order chi connectivity index (χ1) is 12.6. The van der Waals surface area contributed by atoms with E-state index in [-0.39, 0.29) is 16.2 Å². The molecule has 3 N–H and O–H groups in total. The van der Waals surface area contributed by atoms with Gasteiger partial charge in [-0.3, -0.25) is 4.79 Å². The second-order valence-corrected chi connectivity index (χ2v) is 7.36. The maximum atomic E-state index is 12.3. The molecule has 0 saturated heterocycles. The summed E-state index contributed by atoms with van der Waals surface area (Å²) in [4.78, 5) is 24.1. The number of amides is 1. The average molecular weight is 413 g/mol. The van der Waals surface area contributed by atoms with Crippen LogP contribution in [0.1, 0.15) is 17.3 Å². The van der Waals surface area contributed by atoms with Crippen LogP contribution in [0.5, 0.6) is 5.75 Å². The minimum absolute atomic E-state index is 0.0152. The lowest BCUT2D eigenvalue weighted by Gasteiger charge is -2.15. The number of carbonyl (C=O) groups excluding carboxylic acids is 2. The van der Waals surface area contributed by atoms with Crippen LogP contribution >= 0.6 is 11.6 Å². The number of rotatable bonds is 6. The van der Waals surface area contributed by atoms with Gasteiger partial charge in [0, 0.05) is 0 Å². The van der Waals surface area contributed by atoms with Gasteiger partial charge in [0.05, 0.1) is 23.4 Å². The second kappa shape index (κ2) is 8.38. The van der Waals surface area contributed by atoms with Crippen molar-refractivity contribution in [2.75, 3.05) is 12.4 Å². The number of primary sulfonamides is 1. The van der Waals surface area contributed by atoms with Crippen LogP contribution in [0.2, 0.25) is 5.02 Å². The number of anilines is 1. The van der Waals surface area contributed by atoms with Crippen LogP contribution in [0.4, 0.5) is 5.69 Å². The maximum Gasteiger partial charge on any atom is 0.338 e. The molecule has 1 amide bonds. The molecule has 2 rings (SSSR count). The summed E-state index contributed by atoms with van der Waals surface area (Å²) >= 11 is 5.96. The number of halogens is 1. The van der Waals surface area contributed by atoms with E-state index in [9.17, 15) is 18.0 Å². The molecule has 0 heterocycles. The summed E-state index contributed by atoms with van der Waals surface area (Å²) in [6.45, 7) is 1.37. The van der Waals surface area contributed by atoms with Gasteiger partial charge in [-0.2, -0.15) is 0 Å². The highest BCUT2D eigenvalue weighted by atomic mass is 35.5. The highest BCUT2D eigenvalue weighted by molar-refractivity contribution is 7.89. The first-order valence-corrected chi connectivity index (χ1v) is 9.53. The van der Waals surface area contributed by atoms with Crippen LogP contribution in [-0.2, 0) is 19.6 Å². The third-order valence-electron chi connectivity index (χ3n) is 3.49. The van der Waals surface area contributed by atoms with Gasteiger partial charge in [-0.15, -0.1) is 0 Å². The fourth-order valence-electron chi connectivity index (χ4n) is 2.11. The van der Waals surface area contributed by atoms with Gasteiger partial charge in [-0.25, -0.2) is 18.4 Å². The van der Waals surface area contributed by atoms with E-state index in [1.54, 1.807) is 24.3 Å². The lowest BCUT2D eigenvalue weighted by atomic mass is 10.2. The van der Waals surface area contributed by atoms with Crippen molar-refractivity contribution in [3.8, 4) is 5.75 Å². The van der Waals surface area contributed by atoms with Gasteiger partial charge >= 0.3 is 5.97 Å². The number of esters is 1. The Kier molecular flexibility index (Phi) is 6.42. The monoisotopic (exact) mass is 412 g/mol. The van der Waals surface area contributed by atoms with Gasteiger partial charge in [-0.1, -0.05) is 23.7 Å². The van der Waals surface area contributed by atoms with Gasteiger partial charge < -0.3 is 14.8 Å². The molecule has 0 radical (unpaired) electrons. The average Bonchev–Trinajstić information content (AvgIpc) is 2.62. The number of ether oxygens (including phenoxy) is 2. The molecule has 0 spiro atoms. The van der Waals surface area contributed by atoms with Crippen molar-refractivity contribution in [3.05, 3.63) is 53.1 Å². The Hall–Kier alpha value is -2.62. The molecule has 2 aromatic rings. The molecular weight excluding hydrogens is 396 g/mol. The molecule has 0 aliphatic heterocycles. The Morgan fingerprint density at radius 1 is 1.19 bits per heavy atom. The van der Waals surface area contributed by atoms with E-state index in [0.29, 0.717) is 10.7 Å². The predicted molar refractivity (Wildman–Crippen MR) is 99.3 cm³/mol. The first-order valence-electron chi connectivity index (χ1n) is 7.60. The molecule has 8 nitrogen and oxygen atoms in total. The molecule has 144 valence electrons. The van der Waals surface area contributed by atoms with Gasteiger partial charge in [-0.05, 0) is 37.3 Å². The van der Waals surface area contributed by atoms with Crippen LogP contribution < -0.4 is 15.2 Å². The Morgan fingerprint density at radius 3 is 2.44 bits per heavy atom. The molecule has 0 aromatic heterocycles. The molecule has 0 saturated carbocycles. The molecule has 0 bridgehead atoms. The number of para-hydroxylation sites is 1. The number of nitrogens with two attached hydrogens (primary N) is 1. The van der Waals surface area contributed by atoms with Crippen molar-refractivity contribution in [3.63, 3.8) is 0 Å². The Labute approximate surface area is 161 Å². The maximum absolute atomic E-state index is 12.3. The van der Waals surface area contributed by atoms with E-state index in [1.807, 2.05) is 0 Å². The number of methoxy groups -OCH3 is 1. The Balaban J connectivity index is 2.14. The lowest BCUT2D eigenvalue weighted by Crippen LogP contribution is -2.30. The minimum atomic E-state index is -4.12. The third kappa shape index (κ3) is 5.19. The van der Waals surface area contributed by atoms with Crippen molar-refractivity contribution in [2.24, 2.45) is 5.14 Å².